The number of rotatable bonds is 0. The van der Waals surface area contributed by atoms with Gasteiger partial charge < -0.3 is 0 Å². The van der Waals surface area contributed by atoms with Crippen LogP contribution in [0.2, 0.25) is 0 Å². The molecule has 2 fully saturated rings. The van der Waals surface area contributed by atoms with Crippen LogP contribution in [-0.4, -0.2) is 6.17 Å². The van der Waals surface area contributed by atoms with Gasteiger partial charge in [-0.25, -0.2) is 4.39 Å². The molecule has 0 aromatic rings. The van der Waals surface area contributed by atoms with Gasteiger partial charge in [0.2, 0.25) is 0 Å². The third-order valence-electron chi connectivity index (χ3n) is 2.94. The third-order valence-corrected chi connectivity index (χ3v) is 2.94. The van der Waals surface area contributed by atoms with Crippen LogP contribution in [0.25, 0.3) is 0 Å². The molecule has 9 heavy (non-hydrogen) atoms. The van der Waals surface area contributed by atoms with Crippen molar-refractivity contribution in [2.45, 2.75) is 38.3 Å². The lowest BCUT2D eigenvalue weighted by atomic mass is 9.88. The van der Waals surface area contributed by atoms with Gasteiger partial charge in [-0.05, 0) is 37.5 Å². The van der Waals surface area contributed by atoms with E-state index >= 15 is 0 Å². The molecular formula is C8H13F. The summed E-state index contributed by atoms with van der Waals surface area (Å²) in [5.74, 6) is 1.37. The zero-order valence-electron chi connectivity index (χ0n) is 5.65. The van der Waals surface area contributed by atoms with Gasteiger partial charge in [0.1, 0.15) is 6.17 Å². The van der Waals surface area contributed by atoms with Crippen LogP contribution in [0.3, 0.4) is 0 Å². The first-order valence-electron chi connectivity index (χ1n) is 4.00. The third kappa shape index (κ3) is 0.867. The lowest BCUT2D eigenvalue weighted by Gasteiger charge is -2.21. The summed E-state index contributed by atoms with van der Waals surface area (Å²) >= 11 is 0. The van der Waals surface area contributed by atoms with E-state index in [1.807, 2.05) is 0 Å². The molecule has 0 N–H and O–H groups in total. The predicted molar refractivity (Wildman–Crippen MR) is 35.0 cm³/mol. The fraction of sp³-hybridized carbons (Fsp3) is 1.00. The van der Waals surface area contributed by atoms with Crippen molar-refractivity contribution in [3.63, 3.8) is 0 Å². The summed E-state index contributed by atoms with van der Waals surface area (Å²) in [6.07, 6.45) is 5.26. The highest BCUT2D eigenvalue weighted by Gasteiger charge is 2.35. The Morgan fingerprint density at radius 3 is 2.56 bits per heavy atom. The SMILES string of the molecule is FC1CCC2CCC1C2. The zero-order chi connectivity index (χ0) is 6.27. The molecule has 0 aromatic carbocycles. The van der Waals surface area contributed by atoms with E-state index in [2.05, 4.69) is 0 Å². The van der Waals surface area contributed by atoms with E-state index in [-0.39, 0.29) is 0 Å². The van der Waals surface area contributed by atoms with Crippen molar-refractivity contribution < 1.29 is 4.39 Å². The van der Waals surface area contributed by atoms with E-state index in [0.29, 0.717) is 5.92 Å². The summed E-state index contributed by atoms with van der Waals surface area (Å²) in [5.41, 5.74) is 0. The van der Waals surface area contributed by atoms with Crippen molar-refractivity contribution in [3.8, 4) is 0 Å². The summed E-state index contributed by atoms with van der Waals surface area (Å²) < 4.78 is 12.9. The van der Waals surface area contributed by atoms with Crippen LogP contribution in [-0.2, 0) is 0 Å². The molecule has 3 atom stereocenters. The molecule has 0 aliphatic heterocycles. The zero-order valence-corrected chi connectivity index (χ0v) is 5.65. The lowest BCUT2D eigenvalue weighted by Crippen LogP contribution is -2.18. The summed E-state index contributed by atoms with van der Waals surface area (Å²) in [5, 5.41) is 0. The maximum Gasteiger partial charge on any atom is 0.103 e. The number of halogens is 1. The van der Waals surface area contributed by atoms with Gasteiger partial charge in [-0.2, -0.15) is 0 Å². The average molecular weight is 128 g/mol. The lowest BCUT2D eigenvalue weighted by molar-refractivity contribution is 0.174. The smallest absolute Gasteiger partial charge is 0.103 e. The second kappa shape index (κ2) is 1.96. The molecule has 0 nitrogen and oxygen atoms in total. The van der Waals surface area contributed by atoms with Gasteiger partial charge in [-0.15, -0.1) is 0 Å². The number of hydrogen-bond donors (Lipinski definition) is 0. The molecule has 2 aliphatic carbocycles. The van der Waals surface area contributed by atoms with Gasteiger partial charge in [-0.1, -0.05) is 6.42 Å². The number of fused-ring (bicyclic) bond motifs is 2. The highest BCUT2D eigenvalue weighted by Crippen LogP contribution is 2.43. The van der Waals surface area contributed by atoms with E-state index < -0.39 is 6.17 Å². The van der Waals surface area contributed by atoms with Gasteiger partial charge in [0.15, 0.2) is 0 Å². The Kier molecular flexibility index (Phi) is 1.24. The Labute approximate surface area is 55.4 Å². The Morgan fingerprint density at radius 2 is 1.78 bits per heavy atom. The van der Waals surface area contributed by atoms with E-state index in [4.69, 9.17) is 0 Å². The predicted octanol–water partition coefficient (Wildman–Crippen LogP) is 2.53. The molecule has 0 saturated heterocycles. The van der Waals surface area contributed by atoms with Crippen LogP contribution in [0, 0.1) is 11.8 Å². The van der Waals surface area contributed by atoms with E-state index in [1.54, 1.807) is 0 Å². The normalized spacial score (nSPS) is 49.7. The quantitative estimate of drug-likeness (QED) is 0.470. The van der Waals surface area contributed by atoms with Crippen LogP contribution in [0.5, 0.6) is 0 Å². The maximum atomic E-state index is 12.9. The molecule has 2 aliphatic rings. The highest BCUT2D eigenvalue weighted by molar-refractivity contribution is 4.86. The minimum Gasteiger partial charge on any atom is -0.247 e. The van der Waals surface area contributed by atoms with Crippen molar-refractivity contribution in [2.24, 2.45) is 11.8 Å². The molecule has 52 valence electrons. The number of alkyl halides is 1. The standard InChI is InChI=1S/C8H13F/c9-8-4-2-6-1-3-7(8)5-6/h6-8H,1-5H2. The van der Waals surface area contributed by atoms with Gasteiger partial charge in [0, 0.05) is 0 Å². The highest BCUT2D eigenvalue weighted by atomic mass is 19.1. The fourth-order valence-electron chi connectivity index (χ4n) is 2.33. The number of hydrogen-bond acceptors (Lipinski definition) is 0. The Balaban J connectivity index is 2.05. The molecule has 2 bridgehead atoms. The van der Waals surface area contributed by atoms with Crippen LogP contribution in [0.15, 0.2) is 0 Å². The topological polar surface area (TPSA) is 0 Å². The second-order valence-electron chi connectivity index (χ2n) is 3.53. The van der Waals surface area contributed by atoms with E-state index in [1.165, 1.54) is 19.3 Å². The molecule has 1 heteroatoms. The van der Waals surface area contributed by atoms with E-state index in [0.717, 1.165) is 18.8 Å². The van der Waals surface area contributed by atoms with Crippen molar-refractivity contribution in [3.05, 3.63) is 0 Å². The molecule has 2 rings (SSSR count). The minimum atomic E-state index is -0.441. The second-order valence-corrected chi connectivity index (χ2v) is 3.53. The fourth-order valence-corrected chi connectivity index (χ4v) is 2.33. The molecule has 2 saturated carbocycles. The van der Waals surface area contributed by atoms with Gasteiger partial charge in [0.25, 0.3) is 0 Å². The van der Waals surface area contributed by atoms with Crippen LogP contribution in [0.4, 0.5) is 4.39 Å². The molecular weight excluding hydrogens is 115 g/mol. The first-order chi connectivity index (χ1) is 4.36. The Hall–Kier alpha value is -0.0700. The van der Waals surface area contributed by atoms with E-state index in [9.17, 15) is 4.39 Å². The molecule has 0 heterocycles. The van der Waals surface area contributed by atoms with Gasteiger partial charge in [0.05, 0.1) is 0 Å². The molecule has 0 aromatic heterocycles. The van der Waals surface area contributed by atoms with Crippen LogP contribution < -0.4 is 0 Å². The maximum absolute atomic E-state index is 12.9. The monoisotopic (exact) mass is 128 g/mol. The average Bonchev–Trinajstić information content (AvgIpc) is 2.25. The van der Waals surface area contributed by atoms with Crippen LogP contribution >= 0.6 is 0 Å². The minimum absolute atomic E-state index is 0.441. The Morgan fingerprint density at radius 1 is 1.00 bits per heavy atom. The van der Waals surface area contributed by atoms with Crippen molar-refractivity contribution in [2.75, 3.05) is 0 Å². The molecule has 0 amide bonds. The summed E-state index contributed by atoms with van der Waals surface area (Å²) in [6.45, 7) is 0. The van der Waals surface area contributed by atoms with Gasteiger partial charge in [-0.3, -0.25) is 0 Å². The summed E-state index contributed by atoms with van der Waals surface area (Å²) in [7, 11) is 0. The van der Waals surface area contributed by atoms with Crippen LogP contribution in [0.1, 0.15) is 32.1 Å². The molecule has 0 spiro atoms. The van der Waals surface area contributed by atoms with Crippen molar-refractivity contribution in [1.29, 1.82) is 0 Å². The summed E-state index contributed by atoms with van der Waals surface area (Å²) in [4.78, 5) is 0. The first-order valence-corrected chi connectivity index (χ1v) is 4.00. The molecule has 0 radical (unpaired) electrons. The largest absolute Gasteiger partial charge is 0.247 e. The van der Waals surface area contributed by atoms with Crippen molar-refractivity contribution >= 4 is 0 Å². The Bertz CT molecular complexity index is 111. The van der Waals surface area contributed by atoms with Gasteiger partial charge >= 0.3 is 0 Å². The summed E-state index contributed by atoms with van der Waals surface area (Å²) in [6, 6.07) is 0. The molecule has 3 unspecified atom stereocenters. The first kappa shape index (κ1) is 5.70. The van der Waals surface area contributed by atoms with Crippen molar-refractivity contribution in [1.82, 2.24) is 0 Å².